The highest BCUT2D eigenvalue weighted by Crippen LogP contribution is 2.54. The van der Waals surface area contributed by atoms with Crippen molar-refractivity contribution in [2.45, 2.75) is 58.0 Å². The van der Waals surface area contributed by atoms with Crippen LogP contribution in [0, 0.1) is 12.3 Å². The fraction of sp³-hybridized carbons (Fsp3) is 0.593. The van der Waals surface area contributed by atoms with E-state index in [0.29, 0.717) is 54.4 Å². The van der Waals surface area contributed by atoms with Crippen molar-refractivity contribution in [3.63, 3.8) is 0 Å². The second-order valence-electron chi connectivity index (χ2n) is 11.2. The number of nitrogens with zero attached hydrogens (tertiary/aromatic N) is 5. The number of aryl methyl sites for hydroxylation is 1. The number of hydrogen-bond donors (Lipinski definition) is 3. The summed E-state index contributed by atoms with van der Waals surface area (Å²) in [6.07, 6.45) is 5.64. The van der Waals surface area contributed by atoms with Gasteiger partial charge in [-0.25, -0.2) is 19.6 Å². The molecular formula is C27H38FN7O3S. The second kappa shape index (κ2) is 11.4. The number of aliphatic hydroxyl groups is 1. The molecule has 0 atom stereocenters. The van der Waals surface area contributed by atoms with Gasteiger partial charge in [-0.2, -0.15) is 4.98 Å². The number of anilines is 4. The van der Waals surface area contributed by atoms with Gasteiger partial charge in [-0.15, -0.1) is 0 Å². The first-order valence-electron chi connectivity index (χ1n) is 13.6. The largest absolute Gasteiger partial charge is 0.394 e. The second-order valence-corrected chi connectivity index (χ2v) is 12.0. The lowest BCUT2D eigenvalue weighted by atomic mass is 9.93. The molecule has 12 heteroatoms. The molecular weight excluding hydrogens is 521 g/mol. The predicted octanol–water partition coefficient (Wildman–Crippen LogP) is 4.00. The van der Waals surface area contributed by atoms with Gasteiger partial charge in [0.05, 0.1) is 30.2 Å². The molecule has 1 spiro atoms. The number of piperidine rings is 2. The third-order valence-electron chi connectivity index (χ3n) is 8.08. The Balaban J connectivity index is 1.36. The van der Waals surface area contributed by atoms with Crippen LogP contribution in [0.5, 0.6) is 0 Å². The molecule has 4 N–H and O–H groups in total. The van der Waals surface area contributed by atoms with Crippen LogP contribution in [-0.4, -0.2) is 66.0 Å². The Bertz CT molecular complexity index is 1180. The van der Waals surface area contributed by atoms with Crippen molar-refractivity contribution in [2.24, 2.45) is 11.3 Å². The van der Waals surface area contributed by atoms with Crippen LogP contribution in [-0.2, 0) is 4.18 Å². The zero-order valence-corrected chi connectivity index (χ0v) is 23.5. The summed E-state index contributed by atoms with van der Waals surface area (Å²) in [4.78, 5) is 27.0. The lowest BCUT2D eigenvalue weighted by molar-refractivity contribution is 0.102. The predicted molar refractivity (Wildman–Crippen MR) is 153 cm³/mol. The average molecular weight is 560 g/mol. The summed E-state index contributed by atoms with van der Waals surface area (Å²) in [5.41, 5.74) is 2.07. The minimum absolute atomic E-state index is 0.0993. The normalized spacial score (nSPS) is 19.7. The zero-order valence-electron chi connectivity index (χ0n) is 22.7. The van der Waals surface area contributed by atoms with Crippen molar-refractivity contribution in [3.8, 4) is 0 Å². The van der Waals surface area contributed by atoms with E-state index in [-0.39, 0.29) is 19.1 Å². The van der Waals surface area contributed by atoms with E-state index < -0.39 is 5.67 Å². The Morgan fingerprint density at radius 3 is 2.49 bits per heavy atom. The van der Waals surface area contributed by atoms with Crippen LogP contribution < -0.4 is 25.4 Å². The number of benzene rings is 1. The molecule has 3 aliphatic rings. The van der Waals surface area contributed by atoms with E-state index >= 15 is 0 Å². The van der Waals surface area contributed by atoms with E-state index in [0.717, 1.165) is 49.5 Å². The number of amides is 1. The van der Waals surface area contributed by atoms with Crippen LogP contribution in [0.15, 0.2) is 24.3 Å². The first-order chi connectivity index (χ1) is 18.7. The van der Waals surface area contributed by atoms with Crippen LogP contribution in [0.3, 0.4) is 0 Å². The Kier molecular flexibility index (Phi) is 8.18. The summed E-state index contributed by atoms with van der Waals surface area (Å²) in [5.74, 6) is 6.83. The summed E-state index contributed by atoms with van der Waals surface area (Å²) >= 11 is 0.940. The molecule has 3 heterocycles. The number of alkyl halides is 1. The van der Waals surface area contributed by atoms with Crippen LogP contribution >= 0.6 is 12.2 Å². The maximum atomic E-state index is 14.3. The molecule has 2 saturated heterocycles. The summed E-state index contributed by atoms with van der Waals surface area (Å²) in [5, 5.41) is 12.0. The van der Waals surface area contributed by atoms with E-state index in [1.807, 2.05) is 17.9 Å². The highest BCUT2D eigenvalue weighted by atomic mass is 32.2. The molecule has 10 nitrogen and oxygen atoms in total. The van der Waals surface area contributed by atoms with E-state index in [1.54, 1.807) is 25.1 Å². The van der Waals surface area contributed by atoms with Crippen molar-refractivity contribution < 1.29 is 18.5 Å². The van der Waals surface area contributed by atoms with Gasteiger partial charge in [0.1, 0.15) is 23.7 Å². The van der Waals surface area contributed by atoms with Gasteiger partial charge in [0.25, 0.3) is 5.91 Å². The van der Waals surface area contributed by atoms with Crippen molar-refractivity contribution in [2.75, 3.05) is 58.9 Å². The lowest BCUT2D eigenvalue weighted by Gasteiger charge is -2.35. The third-order valence-corrected chi connectivity index (χ3v) is 8.73. The lowest BCUT2D eigenvalue weighted by Crippen LogP contribution is -2.41. The number of halogens is 1. The molecule has 2 aliphatic heterocycles. The van der Waals surface area contributed by atoms with Crippen LogP contribution in [0.2, 0.25) is 0 Å². The Morgan fingerprint density at radius 1 is 1.13 bits per heavy atom. The third kappa shape index (κ3) is 6.74. The number of carbonyl (C=O) groups is 1. The zero-order chi connectivity index (χ0) is 27.6. The monoisotopic (exact) mass is 559 g/mol. The van der Waals surface area contributed by atoms with Crippen molar-refractivity contribution in [1.29, 1.82) is 0 Å². The molecule has 39 heavy (non-hydrogen) atoms. The van der Waals surface area contributed by atoms with E-state index in [2.05, 4.69) is 20.2 Å². The molecule has 2 aromatic rings. The van der Waals surface area contributed by atoms with Crippen LogP contribution in [0.25, 0.3) is 0 Å². The number of aliphatic hydroxyl groups excluding tert-OH is 1. The Morgan fingerprint density at radius 2 is 1.82 bits per heavy atom. The van der Waals surface area contributed by atoms with Gasteiger partial charge in [-0.3, -0.25) is 8.98 Å². The Labute approximate surface area is 233 Å². The number of hydrogen-bond acceptors (Lipinski definition) is 10. The molecule has 1 aromatic carbocycles. The smallest absolute Gasteiger partial charge is 0.258 e. The molecule has 0 radical (unpaired) electrons. The molecule has 1 aromatic heterocycles. The summed E-state index contributed by atoms with van der Waals surface area (Å²) in [6, 6.07) is 7.20. The minimum atomic E-state index is -1.17. The molecule has 5 rings (SSSR count). The van der Waals surface area contributed by atoms with Crippen LogP contribution in [0.1, 0.15) is 61.5 Å². The molecule has 1 amide bonds. The maximum absolute atomic E-state index is 14.3. The number of nitrogens with one attached hydrogen (secondary N) is 1. The number of aromatic nitrogens is 2. The van der Waals surface area contributed by atoms with Crippen molar-refractivity contribution in [3.05, 3.63) is 35.5 Å². The van der Waals surface area contributed by atoms with E-state index in [1.165, 1.54) is 17.3 Å². The highest BCUT2D eigenvalue weighted by Gasteiger charge is 2.44. The van der Waals surface area contributed by atoms with Gasteiger partial charge >= 0.3 is 0 Å². The van der Waals surface area contributed by atoms with E-state index in [9.17, 15) is 9.18 Å². The van der Waals surface area contributed by atoms with Gasteiger partial charge < -0.3 is 20.2 Å². The topological polar surface area (TPSA) is 120 Å². The number of carbonyl (C=O) groups excluding carboxylic acids is 1. The molecule has 0 bridgehead atoms. The minimum Gasteiger partial charge on any atom is -0.394 e. The van der Waals surface area contributed by atoms with Gasteiger partial charge in [-0.1, -0.05) is 0 Å². The van der Waals surface area contributed by atoms with Crippen LogP contribution in [0.4, 0.5) is 27.5 Å². The van der Waals surface area contributed by atoms with Gasteiger partial charge in [0.2, 0.25) is 5.95 Å². The fourth-order valence-corrected chi connectivity index (χ4v) is 5.76. The average Bonchev–Trinajstić information content (AvgIpc) is 3.67. The molecule has 1 aliphatic carbocycles. The Hall–Kier alpha value is -2.67. The molecule has 1 saturated carbocycles. The van der Waals surface area contributed by atoms with Crippen molar-refractivity contribution >= 4 is 41.3 Å². The first-order valence-corrected chi connectivity index (χ1v) is 14.3. The quantitative estimate of drug-likeness (QED) is 0.137. The molecule has 3 fully saturated rings. The van der Waals surface area contributed by atoms with Gasteiger partial charge in [-0.05, 0) is 76.0 Å². The maximum Gasteiger partial charge on any atom is 0.258 e. The van der Waals surface area contributed by atoms with Crippen molar-refractivity contribution in [1.82, 2.24) is 9.97 Å². The van der Waals surface area contributed by atoms with E-state index in [4.69, 9.17) is 15.1 Å². The molecule has 212 valence electrons. The van der Waals surface area contributed by atoms with Gasteiger partial charge in [0, 0.05) is 37.9 Å². The standard InChI is InChI=1S/C27H38FN7O3S/c1-19-17-23(32-25(30-19)34-11-7-26(2,28)8-12-34)31-24(37)21-4-3-20(35(29)39-38-16-15-36)18-22(21)33-13-9-27(5-6-27)10-14-33/h3-4,17-18,36H,5-16,29H2,1-2H3,(H,30,31,32,37). The SMILES string of the molecule is Cc1cc(NC(=O)c2ccc(N(N)SOCCO)cc2N2CCC3(CC2)CC3)nc(N2CCC(C)(F)CC2)n1. The number of rotatable bonds is 9. The summed E-state index contributed by atoms with van der Waals surface area (Å²) < 4.78 is 21.0. The highest BCUT2D eigenvalue weighted by molar-refractivity contribution is 7.96. The summed E-state index contributed by atoms with van der Waals surface area (Å²) in [6.45, 7) is 6.36. The number of hydrazine groups is 1. The first kappa shape index (κ1) is 27.9. The fourth-order valence-electron chi connectivity index (χ4n) is 5.30. The molecule has 0 unspecified atom stereocenters. The number of nitrogens with two attached hydrogens (primary N) is 1. The summed E-state index contributed by atoms with van der Waals surface area (Å²) in [7, 11) is 0. The van der Waals surface area contributed by atoms with Gasteiger partial charge in [0.15, 0.2) is 0 Å².